The first kappa shape index (κ1) is 11.0. The first-order valence-electron chi connectivity index (χ1n) is 5.21. The van der Waals surface area contributed by atoms with Crippen LogP contribution in [-0.4, -0.2) is 21.3 Å². The van der Waals surface area contributed by atoms with Crippen LogP contribution in [0.5, 0.6) is 0 Å². The zero-order chi connectivity index (χ0) is 11.4. The number of hydrogen-bond acceptors (Lipinski definition) is 5. The summed E-state index contributed by atoms with van der Waals surface area (Å²) in [6.07, 6.45) is 0.993. The van der Waals surface area contributed by atoms with Crippen molar-refractivity contribution >= 4 is 16.7 Å². The maximum Gasteiger partial charge on any atom is 0.225 e. The van der Waals surface area contributed by atoms with Gasteiger partial charge in [-0.25, -0.2) is 0 Å². The van der Waals surface area contributed by atoms with E-state index >= 15 is 0 Å². The number of hydrogen-bond donors (Lipinski definition) is 1. The third-order valence-electron chi connectivity index (χ3n) is 2.47. The highest BCUT2D eigenvalue weighted by Crippen LogP contribution is 2.12. The van der Waals surface area contributed by atoms with E-state index in [2.05, 4.69) is 52.2 Å². The van der Waals surface area contributed by atoms with Gasteiger partial charge < -0.3 is 5.32 Å². The molecular weight excluding hydrogens is 220 g/mol. The quantitative estimate of drug-likeness (QED) is 0.881. The Morgan fingerprint density at radius 2 is 2.19 bits per heavy atom. The fraction of sp³-hybridized carbons (Fsp3) is 0.364. The van der Waals surface area contributed by atoms with Crippen molar-refractivity contribution in [1.82, 2.24) is 14.8 Å². The molecule has 84 valence electrons. The normalized spacial score (nSPS) is 10.4. The van der Waals surface area contributed by atoms with E-state index in [4.69, 9.17) is 0 Å². The van der Waals surface area contributed by atoms with Crippen molar-refractivity contribution in [2.24, 2.45) is 0 Å². The predicted octanol–water partition coefficient (Wildman–Crippen LogP) is 2.20. The molecular formula is C11H14N4S. The number of aryl methyl sites for hydroxylation is 2. The summed E-state index contributed by atoms with van der Waals surface area (Å²) in [6.45, 7) is 5.12. The minimum absolute atomic E-state index is 0.783. The molecule has 1 aromatic carbocycles. The van der Waals surface area contributed by atoms with E-state index in [1.54, 1.807) is 0 Å². The van der Waals surface area contributed by atoms with Gasteiger partial charge in [0.05, 0.1) is 0 Å². The third-order valence-corrected chi connectivity index (χ3v) is 3.03. The van der Waals surface area contributed by atoms with Gasteiger partial charge in [-0.1, -0.05) is 33.3 Å². The largest absolute Gasteiger partial charge is 0.359 e. The van der Waals surface area contributed by atoms with Gasteiger partial charge in [0.1, 0.15) is 0 Å². The van der Waals surface area contributed by atoms with Crippen molar-refractivity contribution < 1.29 is 0 Å². The van der Waals surface area contributed by atoms with Crippen molar-refractivity contribution in [3.05, 3.63) is 34.9 Å². The van der Waals surface area contributed by atoms with Gasteiger partial charge in [-0.3, -0.25) is 0 Å². The minimum Gasteiger partial charge on any atom is -0.359 e. The van der Waals surface area contributed by atoms with Crippen LogP contribution in [0.25, 0.3) is 0 Å². The van der Waals surface area contributed by atoms with Crippen LogP contribution in [0.15, 0.2) is 18.2 Å². The van der Waals surface area contributed by atoms with Gasteiger partial charge in [0, 0.05) is 18.1 Å². The van der Waals surface area contributed by atoms with Gasteiger partial charge in [-0.05, 0) is 36.6 Å². The molecule has 5 heteroatoms. The lowest BCUT2D eigenvalue weighted by Crippen LogP contribution is -2.05. The van der Waals surface area contributed by atoms with Crippen molar-refractivity contribution in [3.63, 3.8) is 0 Å². The fourth-order valence-electron chi connectivity index (χ4n) is 1.58. The van der Waals surface area contributed by atoms with Crippen LogP contribution in [0.1, 0.15) is 16.7 Å². The minimum atomic E-state index is 0.783. The molecule has 0 aliphatic carbocycles. The van der Waals surface area contributed by atoms with Crippen LogP contribution >= 0.6 is 11.5 Å². The van der Waals surface area contributed by atoms with Crippen molar-refractivity contribution in [2.75, 3.05) is 11.9 Å². The lowest BCUT2D eigenvalue weighted by atomic mass is 10.0. The Balaban J connectivity index is 1.92. The van der Waals surface area contributed by atoms with E-state index in [9.17, 15) is 0 Å². The first-order chi connectivity index (χ1) is 7.75. The van der Waals surface area contributed by atoms with Crippen LogP contribution < -0.4 is 5.32 Å². The number of benzene rings is 1. The molecule has 0 radical (unpaired) electrons. The summed E-state index contributed by atoms with van der Waals surface area (Å²) < 4.78 is 3.70. The smallest absolute Gasteiger partial charge is 0.225 e. The summed E-state index contributed by atoms with van der Waals surface area (Å²) in [5.41, 5.74) is 4.02. The number of anilines is 1. The van der Waals surface area contributed by atoms with Crippen LogP contribution in [-0.2, 0) is 6.42 Å². The number of nitrogens with one attached hydrogen (secondary N) is 1. The molecule has 16 heavy (non-hydrogen) atoms. The lowest BCUT2D eigenvalue weighted by Gasteiger charge is -2.07. The molecule has 0 aliphatic heterocycles. The Bertz CT molecular complexity index is 453. The van der Waals surface area contributed by atoms with Gasteiger partial charge in [-0.15, -0.1) is 0 Å². The standard InChI is InChI=1S/C11H14N4S/c1-8-3-4-9(2)10(7-8)5-6-12-11-13-14-15-16-11/h3-4,7H,5-6H2,1-2H3,(H,12,13,15). The lowest BCUT2D eigenvalue weighted by molar-refractivity contribution is 0.938. The summed E-state index contributed by atoms with van der Waals surface area (Å²) in [4.78, 5) is 0. The van der Waals surface area contributed by atoms with E-state index in [-0.39, 0.29) is 0 Å². The van der Waals surface area contributed by atoms with E-state index in [1.807, 2.05) is 0 Å². The predicted molar refractivity (Wildman–Crippen MR) is 65.8 cm³/mol. The molecule has 0 spiro atoms. The Morgan fingerprint density at radius 1 is 1.31 bits per heavy atom. The average molecular weight is 234 g/mol. The molecule has 0 unspecified atom stereocenters. The van der Waals surface area contributed by atoms with Crippen molar-refractivity contribution in [2.45, 2.75) is 20.3 Å². The third kappa shape index (κ3) is 2.76. The Hall–Kier alpha value is -1.49. The molecule has 4 nitrogen and oxygen atoms in total. The van der Waals surface area contributed by atoms with E-state index in [1.165, 1.54) is 28.2 Å². The second-order valence-corrected chi connectivity index (χ2v) is 4.51. The van der Waals surface area contributed by atoms with Crippen LogP contribution in [0.3, 0.4) is 0 Å². The van der Waals surface area contributed by atoms with Gasteiger partial charge in [0.25, 0.3) is 0 Å². The molecule has 2 aromatic rings. The second-order valence-electron chi connectivity index (χ2n) is 3.77. The molecule has 2 rings (SSSR count). The SMILES string of the molecule is Cc1ccc(C)c(CCNc2nnns2)c1. The highest BCUT2D eigenvalue weighted by molar-refractivity contribution is 7.09. The highest BCUT2D eigenvalue weighted by atomic mass is 32.1. The van der Waals surface area contributed by atoms with Crippen LogP contribution in [0, 0.1) is 13.8 Å². The number of nitrogens with zero attached hydrogens (tertiary/aromatic N) is 3. The average Bonchev–Trinajstić information content (AvgIpc) is 2.76. The zero-order valence-electron chi connectivity index (χ0n) is 9.40. The molecule has 0 aliphatic rings. The summed E-state index contributed by atoms with van der Waals surface area (Å²) in [5.74, 6) is 0. The molecule has 0 amide bonds. The Morgan fingerprint density at radius 3 is 2.94 bits per heavy atom. The second kappa shape index (κ2) is 5.03. The van der Waals surface area contributed by atoms with E-state index < -0.39 is 0 Å². The molecule has 1 N–H and O–H groups in total. The van der Waals surface area contributed by atoms with Crippen LogP contribution in [0.4, 0.5) is 5.13 Å². The molecule has 1 aromatic heterocycles. The molecule has 0 bridgehead atoms. The molecule has 1 heterocycles. The molecule has 0 saturated carbocycles. The van der Waals surface area contributed by atoms with Gasteiger partial charge >= 0.3 is 0 Å². The summed E-state index contributed by atoms with van der Waals surface area (Å²) in [5, 5.41) is 11.4. The summed E-state index contributed by atoms with van der Waals surface area (Å²) >= 11 is 1.28. The zero-order valence-corrected chi connectivity index (χ0v) is 10.2. The van der Waals surface area contributed by atoms with Gasteiger partial charge in [0.2, 0.25) is 5.13 Å². The van der Waals surface area contributed by atoms with Crippen molar-refractivity contribution in [3.8, 4) is 0 Å². The topological polar surface area (TPSA) is 50.7 Å². The number of rotatable bonds is 4. The number of aromatic nitrogens is 3. The first-order valence-corrected chi connectivity index (χ1v) is 5.98. The van der Waals surface area contributed by atoms with E-state index in [0.29, 0.717) is 0 Å². The fourth-order valence-corrected chi connectivity index (χ4v) is 1.97. The van der Waals surface area contributed by atoms with Crippen molar-refractivity contribution in [1.29, 1.82) is 0 Å². The molecule has 0 saturated heterocycles. The van der Waals surface area contributed by atoms with E-state index in [0.717, 1.165) is 18.1 Å². The Kier molecular flexibility index (Phi) is 3.46. The Labute approximate surface area is 98.9 Å². The maximum absolute atomic E-state index is 3.83. The van der Waals surface area contributed by atoms with Crippen LogP contribution in [0.2, 0.25) is 0 Å². The summed E-state index contributed by atoms with van der Waals surface area (Å²) in [6, 6.07) is 6.54. The monoisotopic (exact) mass is 234 g/mol. The summed E-state index contributed by atoms with van der Waals surface area (Å²) in [7, 11) is 0. The highest BCUT2D eigenvalue weighted by Gasteiger charge is 2.00. The van der Waals surface area contributed by atoms with Gasteiger partial charge in [-0.2, -0.15) is 0 Å². The van der Waals surface area contributed by atoms with Gasteiger partial charge in [0.15, 0.2) is 0 Å². The molecule has 0 fully saturated rings. The molecule has 0 atom stereocenters. The maximum atomic E-state index is 3.83.